The molecule has 2 aliphatic rings. The largest absolute Gasteiger partial charge is 0.486 e. The van der Waals surface area contributed by atoms with Gasteiger partial charge >= 0.3 is 0 Å². The molecule has 4 rings (SSSR count). The van der Waals surface area contributed by atoms with Gasteiger partial charge in [-0.2, -0.15) is 0 Å². The summed E-state index contributed by atoms with van der Waals surface area (Å²) in [6.07, 6.45) is 3.85. The first-order chi connectivity index (χ1) is 17.5. The average Bonchev–Trinajstić information content (AvgIpc) is 2.90. The molecule has 8 nitrogen and oxygen atoms in total. The van der Waals surface area contributed by atoms with Crippen molar-refractivity contribution in [3.63, 3.8) is 0 Å². The van der Waals surface area contributed by atoms with Crippen molar-refractivity contribution in [3.05, 3.63) is 48.5 Å². The maximum atomic E-state index is 12.3. The molecule has 0 fully saturated rings. The fourth-order valence-corrected chi connectivity index (χ4v) is 4.33. The molecule has 2 amide bonds. The minimum atomic E-state index is -0.218. The molecule has 0 radical (unpaired) electrons. The predicted octanol–water partition coefficient (Wildman–Crippen LogP) is 4.02. The molecular formula is C28H36N2O6. The zero-order valence-corrected chi connectivity index (χ0v) is 21.0. The smallest absolute Gasteiger partial charge is 0.220 e. The van der Waals surface area contributed by atoms with Gasteiger partial charge in [-0.1, -0.05) is 37.1 Å². The fourth-order valence-electron chi connectivity index (χ4n) is 4.33. The number of hydrogen-bond acceptors (Lipinski definition) is 6. The average molecular weight is 497 g/mol. The number of nitrogens with one attached hydrogen (secondary N) is 2. The van der Waals surface area contributed by atoms with E-state index in [2.05, 4.69) is 10.6 Å². The first kappa shape index (κ1) is 25.7. The molecule has 0 spiro atoms. The molecule has 0 saturated carbocycles. The lowest BCUT2D eigenvalue weighted by Crippen LogP contribution is -2.48. The van der Waals surface area contributed by atoms with Gasteiger partial charge in [0.25, 0.3) is 0 Å². The van der Waals surface area contributed by atoms with Crippen LogP contribution in [-0.4, -0.2) is 49.3 Å². The third-order valence-corrected chi connectivity index (χ3v) is 6.51. The number of rotatable bonds is 11. The van der Waals surface area contributed by atoms with E-state index >= 15 is 0 Å². The van der Waals surface area contributed by atoms with Crippen molar-refractivity contribution in [2.75, 3.05) is 13.2 Å². The topological polar surface area (TPSA) is 95.1 Å². The molecule has 2 aliphatic heterocycles. The molecule has 0 aliphatic carbocycles. The Kier molecular flexibility index (Phi) is 8.92. The van der Waals surface area contributed by atoms with E-state index in [0.717, 1.165) is 37.2 Å². The fraction of sp³-hybridized carbons (Fsp3) is 0.500. The number of carbonyl (C=O) groups excluding carboxylic acids is 2. The Morgan fingerprint density at radius 3 is 1.50 bits per heavy atom. The van der Waals surface area contributed by atoms with Crippen LogP contribution in [0.2, 0.25) is 0 Å². The van der Waals surface area contributed by atoms with Crippen LogP contribution in [-0.2, 0) is 9.59 Å². The number of amides is 2. The second-order valence-electron chi connectivity index (χ2n) is 9.45. The molecule has 2 aromatic rings. The van der Waals surface area contributed by atoms with Crippen molar-refractivity contribution in [3.8, 4) is 23.0 Å². The molecule has 2 aromatic carbocycles. The molecule has 2 N–H and O–H groups in total. The highest BCUT2D eigenvalue weighted by molar-refractivity contribution is 5.76. The molecular weight excluding hydrogens is 460 g/mol. The number of fused-ring (bicyclic) bond motifs is 2. The van der Waals surface area contributed by atoms with E-state index in [4.69, 9.17) is 18.9 Å². The van der Waals surface area contributed by atoms with Gasteiger partial charge in [0.15, 0.2) is 35.2 Å². The van der Waals surface area contributed by atoms with Gasteiger partial charge in [-0.3, -0.25) is 9.59 Å². The molecule has 0 aromatic heterocycles. The molecule has 2 heterocycles. The number of carbonyl (C=O) groups is 2. The first-order valence-electron chi connectivity index (χ1n) is 12.9. The van der Waals surface area contributed by atoms with Gasteiger partial charge < -0.3 is 29.6 Å². The number of benzene rings is 2. The molecule has 194 valence electrons. The summed E-state index contributed by atoms with van der Waals surface area (Å²) < 4.78 is 23.4. The Morgan fingerprint density at radius 2 is 1.08 bits per heavy atom. The monoisotopic (exact) mass is 496 g/mol. The molecule has 0 saturated heterocycles. The lowest BCUT2D eigenvalue weighted by Gasteiger charge is -2.30. The number of hydrogen-bond donors (Lipinski definition) is 2. The van der Waals surface area contributed by atoms with E-state index < -0.39 is 0 Å². The quantitative estimate of drug-likeness (QED) is 0.457. The van der Waals surface area contributed by atoms with Crippen LogP contribution in [0.1, 0.15) is 52.4 Å². The summed E-state index contributed by atoms with van der Waals surface area (Å²) in [6.45, 7) is 4.68. The van der Waals surface area contributed by atoms with Crippen LogP contribution < -0.4 is 29.6 Å². The normalized spacial score (nSPS) is 19.6. The summed E-state index contributed by atoms with van der Waals surface area (Å²) >= 11 is 0. The van der Waals surface area contributed by atoms with Crippen molar-refractivity contribution in [1.82, 2.24) is 10.6 Å². The van der Waals surface area contributed by atoms with Crippen LogP contribution >= 0.6 is 0 Å². The number of ether oxygens (including phenoxy) is 4. The third-order valence-electron chi connectivity index (χ3n) is 6.51. The number of unbranched alkanes of at least 4 members (excludes halogenated alkanes) is 3. The van der Waals surface area contributed by atoms with E-state index in [1.165, 1.54) is 0 Å². The maximum absolute atomic E-state index is 12.3. The Balaban J connectivity index is 1.05. The van der Waals surface area contributed by atoms with Crippen LogP contribution in [0.4, 0.5) is 0 Å². The standard InChI is InChI=1S/C28H36N2O6/c1-19(25-17-33-21-11-7-9-13-23(21)35-25)29-27(31)15-5-3-4-6-16-28(32)30-20(2)26-18-34-22-12-8-10-14-24(22)36-26/h7-14,19-20,25-26H,3-6,15-18H2,1-2H3,(H,29,31)(H,30,32)/t19-,20+,25-,26-/m0/s1. The molecule has 8 heteroatoms. The zero-order valence-electron chi connectivity index (χ0n) is 21.0. The second kappa shape index (κ2) is 12.5. The summed E-state index contributed by atoms with van der Waals surface area (Å²) in [7, 11) is 0. The molecule has 36 heavy (non-hydrogen) atoms. The van der Waals surface area contributed by atoms with E-state index in [1.807, 2.05) is 62.4 Å². The molecule has 0 bridgehead atoms. The van der Waals surface area contributed by atoms with Crippen LogP contribution in [0.5, 0.6) is 23.0 Å². The highest BCUT2D eigenvalue weighted by Crippen LogP contribution is 2.32. The molecule has 0 unspecified atom stereocenters. The summed E-state index contributed by atoms with van der Waals surface area (Å²) in [6, 6.07) is 14.8. The van der Waals surface area contributed by atoms with Crippen LogP contribution in [0, 0.1) is 0 Å². The summed E-state index contributed by atoms with van der Waals surface area (Å²) in [4.78, 5) is 24.7. The zero-order chi connectivity index (χ0) is 25.3. The first-order valence-corrected chi connectivity index (χ1v) is 12.9. The summed E-state index contributed by atoms with van der Waals surface area (Å²) in [5.74, 6) is 2.90. The van der Waals surface area contributed by atoms with Crippen molar-refractivity contribution in [2.45, 2.75) is 76.7 Å². The van der Waals surface area contributed by atoms with Crippen molar-refractivity contribution in [1.29, 1.82) is 0 Å². The van der Waals surface area contributed by atoms with E-state index in [0.29, 0.717) is 37.6 Å². The van der Waals surface area contributed by atoms with Crippen molar-refractivity contribution >= 4 is 11.8 Å². The predicted molar refractivity (Wildman–Crippen MR) is 136 cm³/mol. The van der Waals surface area contributed by atoms with Crippen molar-refractivity contribution < 1.29 is 28.5 Å². The van der Waals surface area contributed by atoms with Gasteiger partial charge in [0.05, 0.1) is 12.1 Å². The van der Waals surface area contributed by atoms with Crippen molar-refractivity contribution in [2.24, 2.45) is 0 Å². The SMILES string of the molecule is C[C@H](NC(=O)CCCCCCC(=O)N[C@H](C)[C@@H]1COc2ccccc2O1)[C@@H]1COc2ccccc2O1. The Hall–Kier alpha value is -3.42. The maximum Gasteiger partial charge on any atom is 0.220 e. The summed E-state index contributed by atoms with van der Waals surface area (Å²) in [5, 5.41) is 6.04. The van der Waals surface area contributed by atoms with Gasteiger partial charge in [-0.25, -0.2) is 0 Å². The Labute approximate surface area is 212 Å². The Bertz CT molecular complexity index is 947. The highest BCUT2D eigenvalue weighted by Gasteiger charge is 2.28. The van der Waals surface area contributed by atoms with Crippen LogP contribution in [0.25, 0.3) is 0 Å². The van der Waals surface area contributed by atoms with E-state index in [1.54, 1.807) is 0 Å². The lowest BCUT2D eigenvalue weighted by molar-refractivity contribution is -0.123. The summed E-state index contributed by atoms with van der Waals surface area (Å²) in [5.41, 5.74) is 0. The van der Waals surface area contributed by atoms with Gasteiger partial charge in [-0.15, -0.1) is 0 Å². The van der Waals surface area contributed by atoms with Gasteiger partial charge in [0, 0.05) is 12.8 Å². The van der Waals surface area contributed by atoms with E-state index in [9.17, 15) is 9.59 Å². The second-order valence-corrected chi connectivity index (χ2v) is 9.45. The van der Waals surface area contributed by atoms with E-state index in [-0.39, 0.29) is 36.1 Å². The molecule has 4 atom stereocenters. The van der Waals surface area contributed by atoms with Gasteiger partial charge in [0.2, 0.25) is 11.8 Å². The minimum absolute atomic E-state index is 0.00722. The minimum Gasteiger partial charge on any atom is -0.486 e. The Morgan fingerprint density at radius 1 is 0.694 bits per heavy atom. The van der Waals surface area contributed by atoms with Gasteiger partial charge in [0.1, 0.15) is 13.2 Å². The number of para-hydroxylation sites is 4. The van der Waals surface area contributed by atoms with Crippen LogP contribution in [0.3, 0.4) is 0 Å². The lowest BCUT2D eigenvalue weighted by atomic mass is 10.1. The van der Waals surface area contributed by atoms with Gasteiger partial charge in [-0.05, 0) is 51.0 Å². The highest BCUT2D eigenvalue weighted by atomic mass is 16.6. The van der Waals surface area contributed by atoms with Crippen LogP contribution in [0.15, 0.2) is 48.5 Å². The third kappa shape index (κ3) is 7.06.